The lowest BCUT2D eigenvalue weighted by molar-refractivity contribution is -0.137. The van der Waals surface area contributed by atoms with Gasteiger partial charge in [-0.2, -0.15) is 13.2 Å². The van der Waals surface area contributed by atoms with Gasteiger partial charge in [0.15, 0.2) is 0 Å². The van der Waals surface area contributed by atoms with Crippen molar-refractivity contribution < 1.29 is 13.2 Å². The Balaban J connectivity index is 2.26. The first-order valence-electron chi connectivity index (χ1n) is 7.63. The SMILES string of the molecule is CC(C)CN(Cc1ccc(C(F)(F)F)cc1)c1ccc(N)cc1Cl. The second-order valence-corrected chi connectivity index (χ2v) is 6.59. The first kappa shape index (κ1) is 18.5. The second kappa shape index (κ2) is 7.34. The molecule has 2 aromatic rings. The van der Waals surface area contributed by atoms with Crippen LogP contribution in [0, 0.1) is 5.92 Å². The van der Waals surface area contributed by atoms with E-state index in [-0.39, 0.29) is 0 Å². The number of anilines is 2. The summed E-state index contributed by atoms with van der Waals surface area (Å²) in [6.45, 7) is 5.35. The molecule has 0 heterocycles. The van der Waals surface area contributed by atoms with Gasteiger partial charge in [0.25, 0.3) is 0 Å². The van der Waals surface area contributed by atoms with Crippen molar-refractivity contribution in [2.24, 2.45) is 5.92 Å². The Kier molecular flexibility index (Phi) is 5.65. The Morgan fingerprint density at radius 1 is 1.08 bits per heavy atom. The highest BCUT2D eigenvalue weighted by molar-refractivity contribution is 6.33. The highest BCUT2D eigenvalue weighted by Gasteiger charge is 2.30. The van der Waals surface area contributed by atoms with Gasteiger partial charge >= 0.3 is 6.18 Å². The van der Waals surface area contributed by atoms with Crippen LogP contribution >= 0.6 is 11.6 Å². The molecule has 130 valence electrons. The molecule has 0 spiro atoms. The molecule has 0 radical (unpaired) electrons. The lowest BCUT2D eigenvalue weighted by Gasteiger charge is -2.28. The monoisotopic (exact) mass is 356 g/mol. The van der Waals surface area contributed by atoms with Gasteiger partial charge in [0.1, 0.15) is 0 Å². The number of benzene rings is 2. The first-order chi connectivity index (χ1) is 11.2. The molecule has 0 aromatic heterocycles. The van der Waals surface area contributed by atoms with Gasteiger partial charge in [-0.25, -0.2) is 0 Å². The summed E-state index contributed by atoms with van der Waals surface area (Å²) in [5.41, 5.74) is 7.26. The standard InChI is InChI=1S/C18H20ClF3N2/c1-12(2)10-24(17-8-7-15(23)9-16(17)19)11-13-3-5-14(6-4-13)18(20,21)22/h3-9,12H,10-11,23H2,1-2H3. The molecule has 0 amide bonds. The summed E-state index contributed by atoms with van der Waals surface area (Å²) < 4.78 is 38.0. The molecule has 2 N–H and O–H groups in total. The van der Waals surface area contributed by atoms with Gasteiger partial charge in [-0.05, 0) is 41.8 Å². The zero-order valence-corrected chi connectivity index (χ0v) is 14.3. The summed E-state index contributed by atoms with van der Waals surface area (Å²) in [6.07, 6.45) is -4.32. The van der Waals surface area contributed by atoms with Crippen LogP contribution in [0.4, 0.5) is 24.5 Å². The number of nitrogen functional groups attached to an aromatic ring is 1. The Hall–Kier alpha value is -1.88. The van der Waals surface area contributed by atoms with E-state index in [1.165, 1.54) is 12.1 Å². The molecule has 2 rings (SSSR count). The number of hydrogen-bond acceptors (Lipinski definition) is 2. The van der Waals surface area contributed by atoms with Crippen molar-refractivity contribution in [3.05, 3.63) is 58.6 Å². The number of hydrogen-bond donors (Lipinski definition) is 1. The summed E-state index contributed by atoms with van der Waals surface area (Å²) >= 11 is 6.29. The van der Waals surface area contributed by atoms with E-state index < -0.39 is 11.7 Å². The van der Waals surface area contributed by atoms with E-state index in [0.29, 0.717) is 23.2 Å². The molecule has 0 unspecified atom stereocenters. The Bertz CT molecular complexity index is 682. The van der Waals surface area contributed by atoms with Crippen LogP contribution in [0.15, 0.2) is 42.5 Å². The quantitative estimate of drug-likeness (QED) is 0.706. The topological polar surface area (TPSA) is 29.3 Å². The molecular weight excluding hydrogens is 337 g/mol. The smallest absolute Gasteiger partial charge is 0.399 e. The van der Waals surface area contributed by atoms with Crippen LogP contribution in [0.2, 0.25) is 5.02 Å². The predicted molar refractivity (Wildman–Crippen MR) is 93.2 cm³/mol. The van der Waals surface area contributed by atoms with E-state index in [4.69, 9.17) is 17.3 Å². The predicted octanol–water partition coefficient (Wildman–Crippen LogP) is 5.60. The number of alkyl halides is 3. The maximum absolute atomic E-state index is 12.7. The van der Waals surface area contributed by atoms with Gasteiger partial charge in [0.2, 0.25) is 0 Å². The lowest BCUT2D eigenvalue weighted by Crippen LogP contribution is -2.27. The van der Waals surface area contributed by atoms with E-state index in [1.807, 2.05) is 6.07 Å². The average Bonchev–Trinajstić information content (AvgIpc) is 2.45. The van der Waals surface area contributed by atoms with Gasteiger partial charge in [-0.15, -0.1) is 0 Å². The molecule has 24 heavy (non-hydrogen) atoms. The molecule has 0 fully saturated rings. The first-order valence-corrected chi connectivity index (χ1v) is 8.00. The van der Waals surface area contributed by atoms with E-state index >= 15 is 0 Å². The van der Waals surface area contributed by atoms with E-state index in [9.17, 15) is 13.2 Å². The van der Waals surface area contributed by atoms with Crippen molar-refractivity contribution in [1.29, 1.82) is 0 Å². The number of halogens is 4. The largest absolute Gasteiger partial charge is 0.416 e. The highest BCUT2D eigenvalue weighted by atomic mass is 35.5. The van der Waals surface area contributed by atoms with E-state index in [1.54, 1.807) is 12.1 Å². The van der Waals surface area contributed by atoms with Crippen LogP contribution in [0.3, 0.4) is 0 Å². The van der Waals surface area contributed by atoms with Crippen molar-refractivity contribution in [3.8, 4) is 0 Å². The summed E-state index contributed by atoms with van der Waals surface area (Å²) in [6, 6.07) is 10.5. The molecule has 0 saturated heterocycles. The third-order valence-electron chi connectivity index (χ3n) is 3.55. The highest BCUT2D eigenvalue weighted by Crippen LogP contribution is 2.31. The van der Waals surface area contributed by atoms with Gasteiger partial charge < -0.3 is 10.6 Å². The summed E-state index contributed by atoms with van der Waals surface area (Å²) in [4.78, 5) is 2.05. The van der Waals surface area contributed by atoms with Crippen LogP contribution < -0.4 is 10.6 Å². The third-order valence-corrected chi connectivity index (χ3v) is 3.86. The third kappa shape index (κ3) is 4.81. The molecule has 0 saturated carbocycles. The molecule has 0 aliphatic rings. The zero-order valence-electron chi connectivity index (χ0n) is 13.6. The van der Waals surface area contributed by atoms with Crippen LogP contribution in [0.25, 0.3) is 0 Å². The van der Waals surface area contributed by atoms with Crippen molar-refractivity contribution in [2.75, 3.05) is 17.2 Å². The Labute approximate surface area is 145 Å². The number of rotatable bonds is 5. The Morgan fingerprint density at radius 3 is 2.21 bits per heavy atom. The van der Waals surface area contributed by atoms with Crippen molar-refractivity contribution in [3.63, 3.8) is 0 Å². The summed E-state index contributed by atoms with van der Waals surface area (Å²) in [5, 5.41) is 0.530. The minimum atomic E-state index is -4.32. The molecule has 0 bridgehead atoms. The molecular formula is C18H20ClF3N2. The normalized spacial score (nSPS) is 11.8. The summed E-state index contributed by atoms with van der Waals surface area (Å²) in [7, 11) is 0. The number of nitrogens with zero attached hydrogens (tertiary/aromatic N) is 1. The molecule has 2 nitrogen and oxygen atoms in total. The minimum Gasteiger partial charge on any atom is -0.399 e. The maximum atomic E-state index is 12.7. The maximum Gasteiger partial charge on any atom is 0.416 e. The van der Waals surface area contributed by atoms with Gasteiger partial charge in [0.05, 0.1) is 16.3 Å². The second-order valence-electron chi connectivity index (χ2n) is 6.18. The van der Waals surface area contributed by atoms with Crippen LogP contribution in [0.1, 0.15) is 25.0 Å². The van der Waals surface area contributed by atoms with Gasteiger partial charge in [-0.3, -0.25) is 0 Å². The molecule has 0 aliphatic heterocycles. The Morgan fingerprint density at radius 2 is 1.71 bits per heavy atom. The fourth-order valence-electron chi connectivity index (χ4n) is 2.49. The van der Waals surface area contributed by atoms with Crippen molar-refractivity contribution in [2.45, 2.75) is 26.6 Å². The molecule has 0 aliphatic carbocycles. The van der Waals surface area contributed by atoms with E-state index in [2.05, 4.69) is 18.7 Å². The van der Waals surface area contributed by atoms with Crippen LogP contribution in [-0.4, -0.2) is 6.54 Å². The number of nitrogens with two attached hydrogens (primary N) is 1. The lowest BCUT2D eigenvalue weighted by atomic mass is 10.1. The van der Waals surface area contributed by atoms with Crippen LogP contribution in [0.5, 0.6) is 0 Å². The van der Waals surface area contributed by atoms with Crippen molar-refractivity contribution in [1.82, 2.24) is 0 Å². The molecule has 0 atom stereocenters. The summed E-state index contributed by atoms with van der Waals surface area (Å²) in [5.74, 6) is 0.369. The zero-order chi connectivity index (χ0) is 17.9. The van der Waals surface area contributed by atoms with Crippen molar-refractivity contribution >= 4 is 23.0 Å². The molecule has 6 heteroatoms. The average molecular weight is 357 g/mol. The van der Waals surface area contributed by atoms with Gasteiger partial charge in [0, 0.05) is 18.8 Å². The fraction of sp³-hybridized carbons (Fsp3) is 0.333. The van der Waals surface area contributed by atoms with Gasteiger partial charge in [-0.1, -0.05) is 37.6 Å². The molecule has 2 aromatic carbocycles. The fourth-order valence-corrected chi connectivity index (χ4v) is 2.80. The van der Waals surface area contributed by atoms with E-state index in [0.717, 1.165) is 29.9 Å². The minimum absolute atomic E-state index is 0.369. The van der Waals surface area contributed by atoms with Crippen LogP contribution in [-0.2, 0) is 12.7 Å².